The molecule has 4 nitrogen and oxygen atoms in total. The van der Waals surface area contributed by atoms with Crippen LogP contribution in [0.5, 0.6) is 5.75 Å². The number of ether oxygens (including phenoxy) is 1. The van der Waals surface area contributed by atoms with E-state index in [1.165, 1.54) is 6.07 Å². The summed E-state index contributed by atoms with van der Waals surface area (Å²) in [4.78, 5) is 14.9. The number of para-hydroxylation sites is 1. The van der Waals surface area contributed by atoms with Crippen LogP contribution in [-0.2, 0) is 11.2 Å². The highest BCUT2D eigenvalue weighted by atomic mass is 19.2. The highest BCUT2D eigenvalue weighted by Crippen LogP contribution is 2.18. The molecule has 1 heterocycles. The van der Waals surface area contributed by atoms with Crippen molar-refractivity contribution in [2.24, 2.45) is 0 Å². The van der Waals surface area contributed by atoms with Crippen molar-refractivity contribution in [3.8, 4) is 5.75 Å². The Labute approximate surface area is 137 Å². The molecule has 0 bridgehead atoms. The molecular formula is C18H16F2N2O2. The topological polar surface area (TPSA) is 54.1 Å². The first-order valence-electron chi connectivity index (χ1n) is 7.53. The first-order chi connectivity index (χ1) is 11.6. The van der Waals surface area contributed by atoms with Gasteiger partial charge in [0.25, 0.3) is 5.91 Å². The molecule has 0 aliphatic rings. The van der Waals surface area contributed by atoms with Gasteiger partial charge in [-0.15, -0.1) is 0 Å². The number of H-pyrrole nitrogens is 1. The first-order valence-corrected chi connectivity index (χ1v) is 7.53. The Hall–Kier alpha value is -2.89. The van der Waals surface area contributed by atoms with Crippen LogP contribution in [-0.4, -0.2) is 24.0 Å². The number of hydrogen-bond donors (Lipinski definition) is 2. The number of aromatic amines is 1. The molecule has 2 aromatic carbocycles. The molecule has 0 spiro atoms. The van der Waals surface area contributed by atoms with Gasteiger partial charge in [0, 0.05) is 29.7 Å². The normalized spacial score (nSPS) is 10.8. The third-order valence-corrected chi connectivity index (χ3v) is 3.65. The van der Waals surface area contributed by atoms with Crippen molar-refractivity contribution in [3.05, 3.63) is 65.9 Å². The van der Waals surface area contributed by atoms with Gasteiger partial charge >= 0.3 is 0 Å². The second-order valence-electron chi connectivity index (χ2n) is 5.32. The fraction of sp³-hybridized carbons (Fsp3) is 0.167. The van der Waals surface area contributed by atoms with E-state index in [4.69, 9.17) is 4.74 Å². The zero-order valence-electron chi connectivity index (χ0n) is 12.8. The summed E-state index contributed by atoms with van der Waals surface area (Å²) in [6, 6.07) is 11.1. The molecule has 0 aliphatic heterocycles. The van der Waals surface area contributed by atoms with E-state index >= 15 is 0 Å². The van der Waals surface area contributed by atoms with E-state index in [0.29, 0.717) is 13.0 Å². The van der Waals surface area contributed by atoms with Crippen molar-refractivity contribution < 1.29 is 18.3 Å². The maximum atomic E-state index is 13.0. The summed E-state index contributed by atoms with van der Waals surface area (Å²) in [5.74, 6) is -2.17. The zero-order valence-corrected chi connectivity index (χ0v) is 12.8. The molecule has 3 rings (SSSR count). The van der Waals surface area contributed by atoms with Crippen molar-refractivity contribution in [2.75, 3.05) is 13.2 Å². The van der Waals surface area contributed by atoms with Crippen LogP contribution in [0.2, 0.25) is 0 Å². The summed E-state index contributed by atoms with van der Waals surface area (Å²) in [7, 11) is 0. The van der Waals surface area contributed by atoms with Gasteiger partial charge in [0.05, 0.1) is 0 Å². The molecule has 6 heteroatoms. The molecular weight excluding hydrogens is 314 g/mol. The average Bonchev–Trinajstić information content (AvgIpc) is 2.99. The number of rotatable bonds is 6. The Morgan fingerprint density at radius 2 is 1.96 bits per heavy atom. The second kappa shape index (κ2) is 7.12. The number of carbonyl (C=O) groups excluding carboxylic acids is 1. The van der Waals surface area contributed by atoms with Crippen molar-refractivity contribution in [3.63, 3.8) is 0 Å². The SMILES string of the molecule is O=C(COc1ccc(F)c(F)c1)NCCc1c[nH]c2ccccc12. The molecule has 0 unspecified atom stereocenters. The number of nitrogens with one attached hydrogen (secondary N) is 2. The second-order valence-corrected chi connectivity index (χ2v) is 5.32. The number of carbonyl (C=O) groups is 1. The van der Waals surface area contributed by atoms with Crippen LogP contribution in [0.25, 0.3) is 10.9 Å². The molecule has 0 saturated carbocycles. The molecule has 0 atom stereocenters. The number of fused-ring (bicyclic) bond motifs is 1. The molecule has 124 valence electrons. The van der Waals surface area contributed by atoms with Gasteiger partial charge < -0.3 is 15.0 Å². The zero-order chi connectivity index (χ0) is 16.9. The van der Waals surface area contributed by atoms with Gasteiger partial charge in [0.1, 0.15) is 5.75 Å². The van der Waals surface area contributed by atoms with Gasteiger partial charge in [-0.05, 0) is 30.2 Å². The van der Waals surface area contributed by atoms with Gasteiger partial charge in [0.2, 0.25) is 0 Å². The van der Waals surface area contributed by atoms with Crippen molar-refractivity contribution in [2.45, 2.75) is 6.42 Å². The molecule has 1 amide bonds. The number of aromatic nitrogens is 1. The van der Waals surface area contributed by atoms with E-state index in [2.05, 4.69) is 10.3 Å². The number of amides is 1. The molecule has 3 aromatic rings. The molecule has 0 fully saturated rings. The molecule has 1 aromatic heterocycles. The summed E-state index contributed by atoms with van der Waals surface area (Å²) >= 11 is 0. The fourth-order valence-corrected chi connectivity index (χ4v) is 2.44. The largest absolute Gasteiger partial charge is 0.484 e. The van der Waals surface area contributed by atoms with Crippen LogP contribution in [0.4, 0.5) is 8.78 Å². The Balaban J connectivity index is 1.46. The Kier molecular flexibility index (Phi) is 4.74. The van der Waals surface area contributed by atoms with Gasteiger partial charge in [0.15, 0.2) is 18.2 Å². The van der Waals surface area contributed by atoms with E-state index < -0.39 is 11.6 Å². The van der Waals surface area contributed by atoms with E-state index in [0.717, 1.165) is 28.6 Å². The highest BCUT2D eigenvalue weighted by Gasteiger charge is 2.07. The fourth-order valence-electron chi connectivity index (χ4n) is 2.44. The smallest absolute Gasteiger partial charge is 0.257 e. The minimum absolute atomic E-state index is 0.112. The highest BCUT2D eigenvalue weighted by molar-refractivity contribution is 5.83. The summed E-state index contributed by atoms with van der Waals surface area (Å²) in [6.45, 7) is 0.209. The lowest BCUT2D eigenvalue weighted by atomic mass is 10.1. The summed E-state index contributed by atoms with van der Waals surface area (Å²) in [5, 5.41) is 3.87. The maximum absolute atomic E-state index is 13.0. The predicted molar refractivity (Wildman–Crippen MR) is 86.9 cm³/mol. The van der Waals surface area contributed by atoms with Crippen LogP contribution in [0, 0.1) is 11.6 Å². The van der Waals surface area contributed by atoms with Gasteiger partial charge in [-0.2, -0.15) is 0 Å². The van der Waals surface area contributed by atoms with Crippen molar-refractivity contribution in [1.82, 2.24) is 10.3 Å². The monoisotopic (exact) mass is 330 g/mol. The first kappa shape index (κ1) is 16.0. The van der Waals surface area contributed by atoms with Crippen molar-refractivity contribution in [1.29, 1.82) is 0 Å². The van der Waals surface area contributed by atoms with E-state index in [1.54, 1.807) is 0 Å². The molecule has 0 radical (unpaired) electrons. The minimum Gasteiger partial charge on any atom is -0.484 e. The number of halogens is 2. The lowest BCUT2D eigenvalue weighted by molar-refractivity contribution is -0.123. The molecule has 2 N–H and O–H groups in total. The number of benzene rings is 2. The van der Waals surface area contributed by atoms with E-state index in [-0.39, 0.29) is 18.3 Å². The van der Waals surface area contributed by atoms with Crippen LogP contribution >= 0.6 is 0 Å². The van der Waals surface area contributed by atoms with E-state index in [9.17, 15) is 13.6 Å². The van der Waals surface area contributed by atoms with Crippen LogP contribution in [0.3, 0.4) is 0 Å². The Morgan fingerprint density at radius 1 is 1.12 bits per heavy atom. The summed E-state index contributed by atoms with van der Waals surface area (Å²) < 4.78 is 31.0. The van der Waals surface area contributed by atoms with Gasteiger partial charge in [-0.3, -0.25) is 4.79 Å². The van der Waals surface area contributed by atoms with Crippen LogP contribution < -0.4 is 10.1 Å². The third-order valence-electron chi connectivity index (χ3n) is 3.65. The maximum Gasteiger partial charge on any atom is 0.257 e. The quantitative estimate of drug-likeness (QED) is 0.729. The standard InChI is InChI=1S/C18H16F2N2O2/c19-15-6-5-13(9-16(15)20)24-11-18(23)21-8-7-12-10-22-17-4-2-1-3-14(12)17/h1-6,9-10,22H,7-8,11H2,(H,21,23). The molecule has 0 saturated heterocycles. The Bertz CT molecular complexity index is 861. The lowest BCUT2D eigenvalue weighted by Gasteiger charge is -2.07. The van der Waals surface area contributed by atoms with Crippen molar-refractivity contribution >= 4 is 16.8 Å². The lowest BCUT2D eigenvalue weighted by Crippen LogP contribution is -2.30. The predicted octanol–water partition coefficient (Wildman–Crippen LogP) is 3.18. The Morgan fingerprint density at radius 3 is 2.79 bits per heavy atom. The molecule has 0 aliphatic carbocycles. The summed E-state index contributed by atoms with van der Waals surface area (Å²) in [6.07, 6.45) is 2.61. The third kappa shape index (κ3) is 3.71. The van der Waals surface area contributed by atoms with Gasteiger partial charge in [-0.25, -0.2) is 8.78 Å². The van der Waals surface area contributed by atoms with Crippen LogP contribution in [0.15, 0.2) is 48.7 Å². The molecule has 24 heavy (non-hydrogen) atoms. The average molecular weight is 330 g/mol. The van der Waals surface area contributed by atoms with Crippen LogP contribution in [0.1, 0.15) is 5.56 Å². The van der Waals surface area contributed by atoms with Gasteiger partial charge in [-0.1, -0.05) is 18.2 Å². The van der Waals surface area contributed by atoms with E-state index in [1.807, 2.05) is 30.5 Å². The summed E-state index contributed by atoms with van der Waals surface area (Å²) in [5.41, 5.74) is 2.17. The minimum atomic E-state index is -1.01. The number of hydrogen-bond acceptors (Lipinski definition) is 2.